The quantitative estimate of drug-likeness (QED) is 0.326. The van der Waals surface area contributed by atoms with Crippen molar-refractivity contribution in [1.82, 2.24) is 5.32 Å². The number of rotatable bonds is 6. The molecule has 1 saturated carbocycles. The van der Waals surface area contributed by atoms with Gasteiger partial charge >= 0.3 is 12.1 Å². The topological polar surface area (TPSA) is 79.2 Å². The molecule has 0 heterocycles. The second-order valence-corrected chi connectivity index (χ2v) is 6.25. The van der Waals surface area contributed by atoms with Crippen LogP contribution in [0.4, 0.5) is 13.2 Å². The molecule has 0 bridgehead atoms. The van der Waals surface area contributed by atoms with Crippen molar-refractivity contribution in [2.45, 2.75) is 51.7 Å². The molecule has 1 aliphatic rings. The molecule has 5 nitrogen and oxygen atoms in total. The van der Waals surface area contributed by atoms with E-state index in [1.165, 1.54) is 0 Å². The minimum Gasteiger partial charge on any atom is -0.466 e. The standard InChI is InChI=1S/C15H20ClF3N2O3/c1-3-24-13(23)14(2)6-4-9(5-7-14)21-11(15(17,18)19)10(8-20)12(16)22/h8-9,20-21H,3-7H2,1-2H3/b11-10+,20-8?/t9-,14-. The number of halogens is 4. The largest absolute Gasteiger partial charge is 0.466 e. The number of alkyl halides is 3. The number of ether oxygens (including phenoxy) is 1. The second kappa shape index (κ2) is 8.00. The summed E-state index contributed by atoms with van der Waals surface area (Å²) in [6.45, 7) is 3.67. The average molecular weight is 369 g/mol. The maximum Gasteiger partial charge on any atom is 0.431 e. The predicted molar refractivity (Wildman–Crippen MR) is 82.9 cm³/mol. The number of allylic oxidation sites excluding steroid dienone is 2. The fourth-order valence-electron chi connectivity index (χ4n) is 2.65. The van der Waals surface area contributed by atoms with Crippen LogP contribution in [0.5, 0.6) is 0 Å². The predicted octanol–water partition coefficient (Wildman–Crippen LogP) is 3.32. The molecule has 136 valence electrons. The van der Waals surface area contributed by atoms with Gasteiger partial charge in [-0.05, 0) is 51.1 Å². The molecule has 24 heavy (non-hydrogen) atoms. The Bertz CT molecular complexity index is 539. The summed E-state index contributed by atoms with van der Waals surface area (Å²) in [5.74, 6) is -0.355. The first-order valence-corrected chi connectivity index (χ1v) is 7.88. The van der Waals surface area contributed by atoms with Crippen molar-refractivity contribution in [2.75, 3.05) is 6.61 Å². The summed E-state index contributed by atoms with van der Waals surface area (Å²) in [4.78, 5) is 23.1. The van der Waals surface area contributed by atoms with Gasteiger partial charge in [-0.15, -0.1) is 0 Å². The highest BCUT2D eigenvalue weighted by atomic mass is 35.5. The summed E-state index contributed by atoms with van der Waals surface area (Å²) in [5, 5.41) is 7.93. The van der Waals surface area contributed by atoms with E-state index in [1.54, 1.807) is 13.8 Å². The minimum absolute atomic E-state index is 0.248. The maximum absolute atomic E-state index is 13.1. The average Bonchev–Trinajstić information content (AvgIpc) is 2.48. The summed E-state index contributed by atoms with van der Waals surface area (Å²) >= 11 is 5.13. The summed E-state index contributed by atoms with van der Waals surface area (Å²) in [6, 6.07) is -0.574. The summed E-state index contributed by atoms with van der Waals surface area (Å²) in [6.07, 6.45) is -3.21. The number of hydrogen-bond donors (Lipinski definition) is 2. The third kappa shape index (κ3) is 4.96. The van der Waals surface area contributed by atoms with Gasteiger partial charge in [0.05, 0.1) is 17.6 Å². The molecule has 0 aromatic rings. The third-order valence-electron chi connectivity index (χ3n) is 4.11. The zero-order chi connectivity index (χ0) is 18.5. The molecule has 0 unspecified atom stereocenters. The van der Waals surface area contributed by atoms with Crippen LogP contribution < -0.4 is 5.32 Å². The van der Waals surface area contributed by atoms with Crippen LogP contribution >= 0.6 is 11.6 Å². The van der Waals surface area contributed by atoms with Crippen LogP contribution in [0, 0.1) is 10.8 Å². The Labute approximate surface area is 143 Å². The van der Waals surface area contributed by atoms with Crippen molar-refractivity contribution in [2.24, 2.45) is 5.41 Å². The first-order chi connectivity index (χ1) is 11.0. The highest BCUT2D eigenvalue weighted by molar-refractivity contribution is 6.70. The number of carbonyl (C=O) groups excluding carboxylic acids is 2. The smallest absolute Gasteiger partial charge is 0.431 e. The van der Waals surface area contributed by atoms with Crippen molar-refractivity contribution in [3.63, 3.8) is 0 Å². The monoisotopic (exact) mass is 368 g/mol. The lowest BCUT2D eigenvalue weighted by atomic mass is 9.74. The maximum atomic E-state index is 13.1. The Morgan fingerprint density at radius 1 is 1.38 bits per heavy atom. The number of esters is 1. The highest BCUT2D eigenvalue weighted by Gasteiger charge is 2.42. The molecule has 0 saturated heterocycles. The molecule has 0 aliphatic heterocycles. The van der Waals surface area contributed by atoms with Crippen molar-refractivity contribution >= 4 is 29.0 Å². The molecule has 0 aromatic heterocycles. The van der Waals surface area contributed by atoms with Crippen LogP contribution in [0.15, 0.2) is 11.3 Å². The Morgan fingerprint density at radius 2 is 1.92 bits per heavy atom. The van der Waals surface area contributed by atoms with Crippen molar-refractivity contribution in [3.05, 3.63) is 11.3 Å². The van der Waals surface area contributed by atoms with E-state index in [2.05, 4.69) is 5.32 Å². The Morgan fingerprint density at radius 3 is 2.29 bits per heavy atom. The second-order valence-electron chi connectivity index (χ2n) is 5.90. The molecule has 1 aliphatic carbocycles. The molecular weight excluding hydrogens is 349 g/mol. The fraction of sp³-hybridized carbons (Fsp3) is 0.667. The van der Waals surface area contributed by atoms with Crippen molar-refractivity contribution < 1.29 is 27.5 Å². The van der Waals surface area contributed by atoms with E-state index in [1.807, 2.05) is 0 Å². The lowest BCUT2D eigenvalue weighted by molar-refractivity contribution is -0.156. The summed E-state index contributed by atoms with van der Waals surface area (Å²) < 4.78 is 44.4. The first-order valence-electron chi connectivity index (χ1n) is 7.50. The van der Waals surface area contributed by atoms with Crippen molar-refractivity contribution in [1.29, 1.82) is 5.41 Å². The van der Waals surface area contributed by atoms with Gasteiger partial charge in [-0.1, -0.05) is 0 Å². The number of carbonyl (C=O) groups is 2. The van der Waals surface area contributed by atoms with E-state index in [4.69, 9.17) is 21.7 Å². The highest BCUT2D eigenvalue weighted by Crippen LogP contribution is 2.38. The Hall–Kier alpha value is -1.57. The van der Waals surface area contributed by atoms with E-state index in [9.17, 15) is 22.8 Å². The lowest BCUT2D eigenvalue weighted by Crippen LogP contribution is -2.43. The van der Waals surface area contributed by atoms with Crippen LogP contribution in [-0.2, 0) is 14.3 Å². The van der Waals surface area contributed by atoms with Crippen molar-refractivity contribution in [3.8, 4) is 0 Å². The van der Waals surface area contributed by atoms with Crippen LogP contribution in [0.3, 0.4) is 0 Å². The van der Waals surface area contributed by atoms with E-state index >= 15 is 0 Å². The molecular formula is C15H20ClF3N2O3. The zero-order valence-corrected chi connectivity index (χ0v) is 14.2. The SMILES string of the molecule is CCOC(=O)[C@]1(C)CC[C@@H](N/C(=C(\C=N)C(=O)Cl)C(F)(F)F)CC1. The fourth-order valence-corrected chi connectivity index (χ4v) is 2.80. The molecule has 1 rings (SSSR count). The van der Waals surface area contributed by atoms with Gasteiger partial charge in [0.25, 0.3) is 5.24 Å². The minimum atomic E-state index is -4.83. The molecule has 2 N–H and O–H groups in total. The van der Waals surface area contributed by atoms with Crippen LogP contribution in [0.2, 0.25) is 0 Å². The normalized spacial score (nSPS) is 25.5. The third-order valence-corrected chi connectivity index (χ3v) is 4.32. The summed E-state index contributed by atoms with van der Waals surface area (Å²) in [5.41, 5.74) is -2.96. The van der Waals surface area contributed by atoms with Gasteiger partial charge in [-0.2, -0.15) is 13.2 Å². The molecule has 0 radical (unpaired) electrons. The molecule has 9 heteroatoms. The molecule has 1 fully saturated rings. The van der Waals surface area contributed by atoms with Gasteiger partial charge < -0.3 is 15.5 Å². The lowest BCUT2D eigenvalue weighted by Gasteiger charge is -2.36. The zero-order valence-electron chi connectivity index (χ0n) is 13.4. The molecule has 0 spiro atoms. The van der Waals surface area contributed by atoms with Crippen LogP contribution in [0.1, 0.15) is 39.5 Å². The van der Waals surface area contributed by atoms with Gasteiger partial charge in [0, 0.05) is 12.3 Å². The Balaban J connectivity index is 2.88. The molecule has 0 amide bonds. The van der Waals surface area contributed by atoms with Gasteiger partial charge in [0.15, 0.2) is 0 Å². The van der Waals surface area contributed by atoms with E-state index < -0.39 is 34.1 Å². The number of hydrogen-bond acceptors (Lipinski definition) is 5. The molecule has 0 aromatic carbocycles. The molecule has 0 atom stereocenters. The van der Waals surface area contributed by atoms with Gasteiger partial charge in [-0.3, -0.25) is 9.59 Å². The van der Waals surface area contributed by atoms with Gasteiger partial charge in [-0.25, -0.2) is 0 Å². The van der Waals surface area contributed by atoms with Gasteiger partial charge in [0.2, 0.25) is 0 Å². The van der Waals surface area contributed by atoms with Crippen LogP contribution in [0.25, 0.3) is 0 Å². The van der Waals surface area contributed by atoms with E-state index in [-0.39, 0.29) is 18.8 Å². The van der Waals surface area contributed by atoms with E-state index in [0.29, 0.717) is 25.7 Å². The van der Waals surface area contributed by atoms with Crippen LogP contribution in [-0.4, -0.2) is 36.3 Å². The summed E-state index contributed by atoms with van der Waals surface area (Å²) in [7, 11) is 0. The first kappa shape index (κ1) is 20.5. The Kier molecular flexibility index (Phi) is 6.83. The van der Waals surface area contributed by atoms with E-state index in [0.717, 1.165) is 0 Å². The number of nitrogens with one attached hydrogen (secondary N) is 2. The van der Waals surface area contributed by atoms with Gasteiger partial charge in [0.1, 0.15) is 5.70 Å².